The van der Waals surface area contributed by atoms with E-state index in [2.05, 4.69) is 57.4 Å². The van der Waals surface area contributed by atoms with Crippen LogP contribution in [0.25, 0.3) is 0 Å². The summed E-state index contributed by atoms with van der Waals surface area (Å²) in [5, 5.41) is 3.40. The molecular weight excluding hydrogens is 276 g/mol. The fourth-order valence-corrected chi connectivity index (χ4v) is 2.11. The number of hydrogen-bond donors (Lipinski definition) is 1. The summed E-state index contributed by atoms with van der Waals surface area (Å²) in [6.07, 6.45) is 2.78. The first-order chi connectivity index (χ1) is 8.25. The van der Waals surface area contributed by atoms with Crippen LogP contribution in [-0.2, 0) is 6.42 Å². The van der Waals surface area contributed by atoms with Gasteiger partial charge in [0.2, 0.25) is 0 Å². The zero-order chi connectivity index (χ0) is 12.1. The predicted molar refractivity (Wildman–Crippen MR) is 75.2 cm³/mol. The van der Waals surface area contributed by atoms with Crippen LogP contribution in [0.4, 0.5) is 5.82 Å². The molecule has 1 heterocycles. The number of hydrogen-bond acceptors (Lipinski definition) is 2. The molecule has 0 aliphatic carbocycles. The maximum absolute atomic E-state index is 4.30. The van der Waals surface area contributed by atoms with Crippen LogP contribution in [0.5, 0.6) is 0 Å². The molecule has 3 heteroatoms. The van der Waals surface area contributed by atoms with Gasteiger partial charge in [-0.25, -0.2) is 4.98 Å². The highest BCUT2D eigenvalue weighted by Crippen LogP contribution is 2.19. The summed E-state index contributed by atoms with van der Waals surface area (Å²) in [7, 11) is 0. The van der Waals surface area contributed by atoms with Crippen LogP contribution >= 0.6 is 15.9 Å². The molecule has 2 nitrogen and oxygen atoms in total. The second-order valence-corrected chi connectivity index (χ2v) is 4.92. The van der Waals surface area contributed by atoms with Crippen molar-refractivity contribution >= 4 is 21.7 Å². The van der Waals surface area contributed by atoms with Crippen molar-refractivity contribution in [2.24, 2.45) is 0 Å². The lowest BCUT2D eigenvalue weighted by Gasteiger charge is -2.15. The second-order valence-electron chi connectivity index (χ2n) is 4.07. The second kappa shape index (κ2) is 5.82. The minimum Gasteiger partial charge on any atom is -0.366 e. The monoisotopic (exact) mass is 290 g/mol. The Morgan fingerprint density at radius 1 is 1.18 bits per heavy atom. The SMILES string of the molecule is CC(Cc1ccccc1)Nc1ncccc1Br. The summed E-state index contributed by atoms with van der Waals surface area (Å²) >= 11 is 3.49. The van der Waals surface area contributed by atoms with Gasteiger partial charge in [-0.2, -0.15) is 0 Å². The molecule has 0 radical (unpaired) electrons. The fraction of sp³-hybridized carbons (Fsp3) is 0.214. The molecule has 0 aliphatic heterocycles. The van der Waals surface area contributed by atoms with Crippen LogP contribution in [0, 0.1) is 0 Å². The van der Waals surface area contributed by atoms with E-state index in [0.717, 1.165) is 16.7 Å². The van der Waals surface area contributed by atoms with Gasteiger partial charge in [0.15, 0.2) is 0 Å². The van der Waals surface area contributed by atoms with E-state index in [4.69, 9.17) is 0 Å². The topological polar surface area (TPSA) is 24.9 Å². The maximum atomic E-state index is 4.30. The van der Waals surface area contributed by atoms with Crippen molar-refractivity contribution in [2.75, 3.05) is 5.32 Å². The molecule has 0 saturated heterocycles. The van der Waals surface area contributed by atoms with Gasteiger partial charge in [-0.3, -0.25) is 0 Å². The Hall–Kier alpha value is -1.35. The first kappa shape index (κ1) is 12.1. The van der Waals surface area contributed by atoms with Gasteiger partial charge in [-0.1, -0.05) is 30.3 Å². The van der Waals surface area contributed by atoms with Crippen LogP contribution in [-0.4, -0.2) is 11.0 Å². The molecule has 1 unspecified atom stereocenters. The molecule has 1 aromatic heterocycles. The first-order valence-corrected chi connectivity index (χ1v) is 6.46. The zero-order valence-electron chi connectivity index (χ0n) is 9.73. The van der Waals surface area contributed by atoms with Crippen LogP contribution in [0.15, 0.2) is 53.1 Å². The average Bonchev–Trinajstić information content (AvgIpc) is 2.33. The number of halogens is 1. The highest BCUT2D eigenvalue weighted by molar-refractivity contribution is 9.10. The Morgan fingerprint density at radius 3 is 2.65 bits per heavy atom. The van der Waals surface area contributed by atoms with Gasteiger partial charge in [-0.05, 0) is 47.0 Å². The van der Waals surface area contributed by atoms with Crippen molar-refractivity contribution in [2.45, 2.75) is 19.4 Å². The highest BCUT2D eigenvalue weighted by Gasteiger charge is 2.06. The van der Waals surface area contributed by atoms with Crippen LogP contribution in [0.1, 0.15) is 12.5 Å². The minimum absolute atomic E-state index is 0.351. The van der Waals surface area contributed by atoms with Crippen LogP contribution in [0.3, 0.4) is 0 Å². The number of benzene rings is 1. The molecule has 17 heavy (non-hydrogen) atoms. The minimum atomic E-state index is 0.351. The van der Waals surface area contributed by atoms with E-state index in [9.17, 15) is 0 Å². The molecule has 0 spiro atoms. The lowest BCUT2D eigenvalue weighted by Crippen LogP contribution is -2.19. The van der Waals surface area contributed by atoms with Crippen molar-refractivity contribution in [3.05, 3.63) is 58.7 Å². The number of aromatic nitrogens is 1. The number of rotatable bonds is 4. The van der Waals surface area contributed by atoms with E-state index in [0.29, 0.717) is 6.04 Å². The normalized spacial score (nSPS) is 12.1. The van der Waals surface area contributed by atoms with Crippen LogP contribution in [0.2, 0.25) is 0 Å². The van der Waals surface area contributed by atoms with E-state index >= 15 is 0 Å². The number of anilines is 1. The van der Waals surface area contributed by atoms with Gasteiger partial charge in [0, 0.05) is 12.2 Å². The third-order valence-electron chi connectivity index (χ3n) is 2.53. The van der Waals surface area contributed by atoms with Gasteiger partial charge in [-0.15, -0.1) is 0 Å². The molecule has 0 saturated carbocycles. The molecule has 0 fully saturated rings. The number of pyridine rings is 1. The summed E-state index contributed by atoms with van der Waals surface area (Å²) in [5.41, 5.74) is 1.33. The summed E-state index contributed by atoms with van der Waals surface area (Å²) in [6.45, 7) is 2.16. The van der Waals surface area contributed by atoms with E-state index in [1.54, 1.807) is 6.20 Å². The molecule has 88 valence electrons. The summed E-state index contributed by atoms with van der Waals surface area (Å²) < 4.78 is 1.000. The number of nitrogens with one attached hydrogen (secondary N) is 1. The van der Waals surface area contributed by atoms with Crippen LogP contribution < -0.4 is 5.32 Å². The Morgan fingerprint density at radius 2 is 1.94 bits per heavy atom. The molecule has 2 aromatic rings. The zero-order valence-corrected chi connectivity index (χ0v) is 11.3. The Balaban J connectivity index is 1.98. The molecule has 1 aromatic carbocycles. The highest BCUT2D eigenvalue weighted by atomic mass is 79.9. The largest absolute Gasteiger partial charge is 0.366 e. The van der Waals surface area contributed by atoms with Gasteiger partial charge >= 0.3 is 0 Å². The van der Waals surface area contributed by atoms with Gasteiger partial charge in [0.1, 0.15) is 5.82 Å². The van der Waals surface area contributed by atoms with Gasteiger partial charge in [0.05, 0.1) is 4.47 Å². The average molecular weight is 291 g/mol. The van der Waals surface area contributed by atoms with Gasteiger partial charge < -0.3 is 5.32 Å². The fourth-order valence-electron chi connectivity index (χ4n) is 1.74. The van der Waals surface area contributed by atoms with E-state index in [1.165, 1.54) is 5.56 Å². The summed E-state index contributed by atoms with van der Waals surface area (Å²) in [4.78, 5) is 4.30. The summed E-state index contributed by atoms with van der Waals surface area (Å²) in [6, 6.07) is 14.7. The predicted octanol–water partition coefficient (Wildman–Crippen LogP) is 3.89. The smallest absolute Gasteiger partial charge is 0.140 e. The Labute approximate surface area is 110 Å². The Kier molecular flexibility index (Phi) is 4.15. The van der Waals surface area contributed by atoms with E-state index in [-0.39, 0.29) is 0 Å². The Bertz CT molecular complexity index is 471. The molecule has 0 aliphatic rings. The van der Waals surface area contributed by atoms with E-state index in [1.807, 2.05) is 18.2 Å². The van der Waals surface area contributed by atoms with Gasteiger partial charge in [0.25, 0.3) is 0 Å². The lowest BCUT2D eigenvalue weighted by atomic mass is 10.1. The lowest BCUT2D eigenvalue weighted by molar-refractivity contribution is 0.784. The standard InChI is InChI=1S/C14H15BrN2/c1-11(10-12-6-3-2-4-7-12)17-14-13(15)8-5-9-16-14/h2-9,11H,10H2,1H3,(H,16,17). The molecule has 1 atom stereocenters. The molecule has 2 rings (SSSR count). The first-order valence-electron chi connectivity index (χ1n) is 5.66. The van der Waals surface area contributed by atoms with Crippen molar-refractivity contribution in [3.63, 3.8) is 0 Å². The summed E-state index contributed by atoms with van der Waals surface area (Å²) in [5.74, 6) is 0.899. The molecule has 1 N–H and O–H groups in total. The number of nitrogens with zero attached hydrogens (tertiary/aromatic N) is 1. The molecule has 0 bridgehead atoms. The maximum Gasteiger partial charge on any atom is 0.140 e. The van der Waals surface area contributed by atoms with Crippen molar-refractivity contribution in [3.8, 4) is 0 Å². The van der Waals surface area contributed by atoms with E-state index < -0.39 is 0 Å². The van der Waals surface area contributed by atoms with Crippen molar-refractivity contribution in [1.82, 2.24) is 4.98 Å². The third kappa shape index (κ3) is 3.56. The van der Waals surface area contributed by atoms with Crippen molar-refractivity contribution < 1.29 is 0 Å². The molecular formula is C14H15BrN2. The van der Waals surface area contributed by atoms with Crippen molar-refractivity contribution in [1.29, 1.82) is 0 Å². The molecule has 0 amide bonds. The quantitative estimate of drug-likeness (QED) is 0.924. The third-order valence-corrected chi connectivity index (χ3v) is 3.17.